The van der Waals surface area contributed by atoms with Gasteiger partial charge in [0.1, 0.15) is 17.1 Å². The molecule has 3 aliphatic rings. The Morgan fingerprint density at radius 3 is 2.77 bits per heavy atom. The fourth-order valence-corrected chi connectivity index (χ4v) is 6.49. The number of hydrogen-bond donors (Lipinski definition) is 2. The molecule has 0 radical (unpaired) electrons. The van der Waals surface area contributed by atoms with Crippen LogP contribution in [0.25, 0.3) is 0 Å². The summed E-state index contributed by atoms with van der Waals surface area (Å²) in [5, 5.41) is 21.3. The number of carbonyl (C=O) groups excluding carboxylic acids is 1. The van der Waals surface area contributed by atoms with Crippen LogP contribution in [0.4, 0.5) is 0 Å². The summed E-state index contributed by atoms with van der Waals surface area (Å²) >= 11 is 0. The van der Waals surface area contributed by atoms with Crippen LogP contribution in [0.3, 0.4) is 0 Å². The van der Waals surface area contributed by atoms with Crippen LogP contribution in [-0.2, 0) is 11.2 Å². The zero-order chi connectivity index (χ0) is 21.7. The summed E-state index contributed by atoms with van der Waals surface area (Å²) in [4.78, 5) is 14.4. The molecule has 0 bridgehead atoms. The average molecular weight is 412 g/mol. The van der Waals surface area contributed by atoms with E-state index >= 15 is 0 Å². The Kier molecular flexibility index (Phi) is 5.36. The Hall–Kier alpha value is -2.03. The minimum atomic E-state index is -1.03. The Morgan fingerprint density at radius 2 is 2.07 bits per heavy atom. The minimum Gasteiger partial charge on any atom is -0.508 e. The van der Waals surface area contributed by atoms with Crippen molar-refractivity contribution in [2.75, 3.05) is 20.6 Å². The van der Waals surface area contributed by atoms with Gasteiger partial charge >= 0.3 is 5.97 Å². The molecule has 2 saturated carbocycles. The lowest BCUT2D eigenvalue weighted by atomic mass is 9.53. The predicted molar refractivity (Wildman–Crippen MR) is 115 cm³/mol. The van der Waals surface area contributed by atoms with Gasteiger partial charge in [-0.25, -0.2) is 0 Å². The van der Waals surface area contributed by atoms with Crippen LogP contribution in [-0.4, -0.2) is 47.3 Å². The van der Waals surface area contributed by atoms with E-state index in [9.17, 15) is 15.0 Å². The number of aryl methyl sites for hydroxylation is 1. The van der Waals surface area contributed by atoms with Crippen LogP contribution in [0.5, 0.6) is 11.5 Å². The zero-order valence-corrected chi connectivity index (χ0v) is 18.3. The lowest BCUT2D eigenvalue weighted by Crippen LogP contribution is -2.50. The molecule has 2 N–H and O–H groups in total. The lowest BCUT2D eigenvalue weighted by molar-refractivity contribution is -0.134. The SMILES string of the molecule is C#C[C@]1(O)CC[C@H]2[C@@H]3CCc4cc(O)cc(OC(=O)CCN(C)C)c4[C@H]3CCC21C. The first kappa shape index (κ1) is 21.2. The maximum Gasteiger partial charge on any atom is 0.312 e. The van der Waals surface area contributed by atoms with Crippen LogP contribution in [0.15, 0.2) is 12.1 Å². The van der Waals surface area contributed by atoms with Gasteiger partial charge in [-0.3, -0.25) is 4.79 Å². The molecule has 5 heteroatoms. The molecule has 5 atom stereocenters. The van der Waals surface area contributed by atoms with Crippen molar-refractivity contribution in [3.05, 3.63) is 23.3 Å². The second kappa shape index (κ2) is 7.59. The molecule has 3 aliphatic carbocycles. The summed E-state index contributed by atoms with van der Waals surface area (Å²) < 4.78 is 5.78. The highest BCUT2D eigenvalue weighted by Crippen LogP contribution is 2.64. The van der Waals surface area contributed by atoms with Gasteiger partial charge in [0.15, 0.2) is 0 Å². The highest BCUT2D eigenvalue weighted by atomic mass is 16.5. The molecule has 0 aliphatic heterocycles. The van der Waals surface area contributed by atoms with Gasteiger partial charge in [-0.05, 0) is 82.0 Å². The van der Waals surface area contributed by atoms with Gasteiger partial charge in [-0.15, -0.1) is 6.42 Å². The molecule has 0 heterocycles. The molecule has 2 fully saturated rings. The third-order valence-electron chi connectivity index (χ3n) is 8.14. The number of benzene rings is 1. The summed E-state index contributed by atoms with van der Waals surface area (Å²) in [6.07, 6.45) is 11.3. The van der Waals surface area contributed by atoms with Crippen molar-refractivity contribution in [3.8, 4) is 23.8 Å². The van der Waals surface area contributed by atoms with E-state index in [1.165, 1.54) is 0 Å². The fraction of sp³-hybridized carbons (Fsp3) is 0.640. The monoisotopic (exact) mass is 411 g/mol. The third-order valence-corrected chi connectivity index (χ3v) is 8.14. The van der Waals surface area contributed by atoms with Crippen LogP contribution in [0, 0.1) is 29.6 Å². The first-order chi connectivity index (χ1) is 14.2. The number of phenolic OH excluding ortho intramolecular Hbond substituents is 1. The van der Waals surface area contributed by atoms with Gasteiger partial charge in [0, 0.05) is 23.6 Å². The molecular formula is C25H33NO4. The number of esters is 1. The van der Waals surface area contributed by atoms with E-state index in [-0.39, 0.29) is 23.1 Å². The number of rotatable bonds is 4. The molecule has 0 saturated heterocycles. The molecule has 5 nitrogen and oxygen atoms in total. The van der Waals surface area contributed by atoms with Gasteiger partial charge in [-0.2, -0.15) is 0 Å². The highest BCUT2D eigenvalue weighted by molar-refractivity contribution is 5.73. The molecular weight excluding hydrogens is 378 g/mol. The number of phenols is 1. The summed E-state index contributed by atoms with van der Waals surface area (Å²) in [6, 6.07) is 3.41. The number of ether oxygens (including phenoxy) is 1. The van der Waals surface area contributed by atoms with Crippen LogP contribution in [0.1, 0.15) is 62.5 Å². The summed E-state index contributed by atoms with van der Waals surface area (Å²) in [5.41, 5.74) is 0.875. The quantitative estimate of drug-likeness (QED) is 0.451. The molecule has 162 valence electrons. The molecule has 0 aromatic heterocycles. The normalized spacial score (nSPS) is 34.6. The van der Waals surface area contributed by atoms with Gasteiger partial charge in [0.05, 0.1) is 6.42 Å². The van der Waals surface area contributed by atoms with Crippen molar-refractivity contribution in [1.82, 2.24) is 4.90 Å². The number of nitrogens with zero attached hydrogens (tertiary/aromatic N) is 1. The van der Waals surface area contributed by atoms with Crippen LogP contribution in [0.2, 0.25) is 0 Å². The van der Waals surface area contributed by atoms with Crippen LogP contribution >= 0.6 is 0 Å². The predicted octanol–water partition coefficient (Wildman–Crippen LogP) is 3.47. The Balaban J connectivity index is 1.65. The maximum absolute atomic E-state index is 12.4. The van der Waals surface area contributed by atoms with Crippen molar-refractivity contribution < 1.29 is 19.7 Å². The molecule has 1 aromatic rings. The molecule has 0 amide bonds. The van der Waals surface area contributed by atoms with Gasteiger partial charge < -0.3 is 19.8 Å². The van der Waals surface area contributed by atoms with Crippen molar-refractivity contribution in [2.24, 2.45) is 17.3 Å². The average Bonchev–Trinajstić information content (AvgIpc) is 2.97. The van der Waals surface area contributed by atoms with Crippen molar-refractivity contribution >= 4 is 5.97 Å². The number of aromatic hydroxyl groups is 1. The standard InChI is InChI=1S/C25H33NO4/c1-5-25(29)12-9-20-18-7-6-16-14-17(27)15-21(30-22(28)10-13-26(3)4)23(16)19(18)8-11-24(20,25)2/h1,14-15,18-20,27,29H,6-13H2,2-4H3/t18-,19+,20+,24?,25+/m1/s1. The van der Waals surface area contributed by atoms with E-state index < -0.39 is 5.60 Å². The van der Waals surface area contributed by atoms with E-state index in [1.54, 1.807) is 6.07 Å². The van der Waals surface area contributed by atoms with Crippen molar-refractivity contribution in [2.45, 2.75) is 63.4 Å². The molecule has 4 rings (SSSR count). The Labute approximate surface area is 179 Å². The first-order valence-corrected chi connectivity index (χ1v) is 11.1. The topological polar surface area (TPSA) is 70.0 Å². The van der Waals surface area contributed by atoms with E-state index in [0.29, 0.717) is 37.0 Å². The number of carbonyl (C=O) groups is 1. The van der Waals surface area contributed by atoms with E-state index in [1.807, 2.05) is 25.1 Å². The number of fused-ring (bicyclic) bond motifs is 5. The summed E-state index contributed by atoms with van der Waals surface area (Å²) in [5.74, 6) is 4.12. The lowest BCUT2D eigenvalue weighted by Gasteiger charge is -2.52. The number of hydrogen-bond acceptors (Lipinski definition) is 5. The molecule has 0 spiro atoms. The molecule has 1 aromatic carbocycles. The smallest absolute Gasteiger partial charge is 0.312 e. The Bertz CT molecular complexity index is 888. The Morgan fingerprint density at radius 1 is 1.30 bits per heavy atom. The minimum absolute atomic E-state index is 0.144. The zero-order valence-electron chi connectivity index (χ0n) is 18.3. The van der Waals surface area contributed by atoms with Crippen LogP contribution < -0.4 is 4.74 Å². The largest absolute Gasteiger partial charge is 0.508 e. The van der Waals surface area contributed by atoms with Gasteiger partial charge in [-0.1, -0.05) is 12.8 Å². The highest BCUT2D eigenvalue weighted by Gasteiger charge is 2.61. The first-order valence-electron chi connectivity index (χ1n) is 11.1. The summed E-state index contributed by atoms with van der Waals surface area (Å²) in [6.45, 7) is 2.78. The van der Waals surface area contributed by atoms with Gasteiger partial charge in [0.25, 0.3) is 0 Å². The maximum atomic E-state index is 12.4. The van der Waals surface area contributed by atoms with E-state index in [2.05, 4.69) is 12.8 Å². The third kappa shape index (κ3) is 3.31. The fourth-order valence-electron chi connectivity index (χ4n) is 6.49. The summed E-state index contributed by atoms with van der Waals surface area (Å²) in [7, 11) is 3.85. The van der Waals surface area contributed by atoms with E-state index in [0.717, 1.165) is 43.2 Å². The second-order valence-electron chi connectivity index (χ2n) is 9.96. The van der Waals surface area contributed by atoms with Crippen molar-refractivity contribution in [1.29, 1.82) is 0 Å². The number of terminal acetylenes is 1. The number of aliphatic hydroxyl groups is 1. The molecule has 30 heavy (non-hydrogen) atoms. The van der Waals surface area contributed by atoms with E-state index in [4.69, 9.17) is 11.2 Å². The van der Waals surface area contributed by atoms with Crippen molar-refractivity contribution in [3.63, 3.8) is 0 Å². The second-order valence-corrected chi connectivity index (χ2v) is 9.96. The van der Waals surface area contributed by atoms with Gasteiger partial charge in [0.2, 0.25) is 0 Å². The molecule has 1 unspecified atom stereocenters.